The Morgan fingerprint density at radius 2 is 1.67 bits per heavy atom. The van der Waals surface area contributed by atoms with Crippen LogP contribution in [0.25, 0.3) is 11.3 Å². The Morgan fingerprint density at radius 3 is 2.27 bits per heavy atom. The molecule has 10 nitrogen and oxygen atoms in total. The van der Waals surface area contributed by atoms with Crippen molar-refractivity contribution in [3.8, 4) is 11.3 Å². The lowest BCUT2D eigenvalue weighted by Gasteiger charge is -2.23. The average Bonchev–Trinajstić information content (AvgIpc) is 3.21. The standard InChI is InChI=1S/C19H20BrN3O7/c1-10(24)27-9-14-16(28-11(2)25)17(29-12(3)26)19(30-14)23-18(20)15(21-22-23)13-7-5-4-6-8-13/h4-8,14,16-17,19H,9H2,1-3H3/t14-,16?,17?,19-/m1/s1. The fraction of sp³-hybridized carbons (Fsp3) is 0.421. The van der Waals surface area contributed by atoms with E-state index in [2.05, 4.69) is 26.2 Å². The fourth-order valence-corrected chi connectivity index (χ4v) is 3.69. The summed E-state index contributed by atoms with van der Waals surface area (Å²) in [6.07, 6.45) is -3.89. The molecule has 1 aliphatic heterocycles. The number of ether oxygens (including phenoxy) is 4. The molecule has 11 heteroatoms. The summed E-state index contributed by atoms with van der Waals surface area (Å²) in [5.41, 5.74) is 1.36. The molecule has 0 spiro atoms. The third-order valence-electron chi connectivity index (χ3n) is 4.27. The molecule has 4 atom stereocenters. The van der Waals surface area contributed by atoms with E-state index in [-0.39, 0.29) is 6.61 Å². The van der Waals surface area contributed by atoms with Crippen LogP contribution in [0, 0.1) is 0 Å². The first-order chi connectivity index (χ1) is 14.3. The summed E-state index contributed by atoms with van der Waals surface area (Å²) >= 11 is 3.47. The van der Waals surface area contributed by atoms with Gasteiger partial charge in [0.25, 0.3) is 0 Å². The monoisotopic (exact) mass is 481 g/mol. The van der Waals surface area contributed by atoms with Gasteiger partial charge in [-0.15, -0.1) is 5.10 Å². The van der Waals surface area contributed by atoms with Crippen LogP contribution >= 0.6 is 15.9 Å². The van der Waals surface area contributed by atoms with Crippen molar-refractivity contribution >= 4 is 33.8 Å². The number of rotatable bonds is 6. The molecule has 0 aliphatic carbocycles. The number of carbonyl (C=O) groups excluding carboxylic acids is 3. The van der Waals surface area contributed by atoms with Gasteiger partial charge in [-0.2, -0.15) is 0 Å². The predicted octanol–water partition coefficient (Wildman–Crippen LogP) is 2.03. The van der Waals surface area contributed by atoms with Gasteiger partial charge >= 0.3 is 17.9 Å². The van der Waals surface area contributed by atoms with Crippen molar-refractivity contribution in [2.75, 3.05) is 6.61 Å². The highest BCUT2D eigenvalue weighted by atomic mass is 79.9. The molecule has 2 aromatic rings. The maximum absolute atomic E-state index is 11.7. The second kappa shape index (κ2) is 9.35. The van der Waals surface area contributed by atoms with Crippen molar-refractivity contribution in [1.82, 2.24) is 15.0 Å². The van der Waals surface area contributed by atoms with Crippen molar-refractivity contribution in [1.29, 1.82) is 0 Å². The van der Waals surface area contributed by atoms with Crippen molar-refractivity contribution in [3.05, 3.63) is 34.9 Å². The van der Waals surface area contributed by atoms with Crippen LogP contribution in [-0.4, -0.2) is 57.8 Å². The highest BCUT2D eigenvalue weighted by Gasteiger charge is 2.51. The Hall–Kier alpha value is -2.79. The SMILES string of the molecule is CC(=O)OC[C@H]1O[C@@H](n2nnc(-c3ccccc3)c2Br)C(OC(C)=O)C1OC(C)=O. The smallest absolute Gasteiger partial charge is 0.303 e. The lowest BCUT2D eigenvalue weighted by molar-refractivity contribution is -0.166. The summed E-state index contributed by atoms with van der Waals surface area (Å²) in [7, 11) is 0. The number of hydrogen-bond acceptors (Lipinski definition) is 9. The normalized spacial score (nSPS) is 23.1. The minimum atomic E-state index is -1.03. The Morgan fingerprint density at radius 1 is 1.03 bits per heavy atom. The summed E-state index contributed by atoms with van der Waals surface area (Å²) in [5.74, 6) is -1.73. The first kappa shape index (κ1) is 21.9. The summed E-state index contributed by atoms with van der Waals surface area (Å²) in [6.45, 7) is 3.50. The van der Waals surface area contributed by atoms with Crippen LogP contribution in [0.1, 0.15) is 27.0 Å². The first-order valence-corrected chi connectivity index (χ1v) is 9.86. The molecular weight excluding hydrogens is 462 g/mol. The highest BCUT2D eigenvalue weighted by molar-refractivity contribution is 9.10. The molecule has 3 rings (SSSR count). The number of nitrogens with zero attached hydrogens (tertiary/aromatic N) is 3. The maximum Gasteiger partial charge on any atom is 0.303 e. The van der Waals surface area contributed by atoms with E-state index in [4.69, 9.17) is 18.9 Å². The Balaban J connectivity index is 1.97. The van der Waals surface area contributed by atoms with Crippen molar-refractivity contribution in [3.63, 3.8) is 0 Å². The molecule has 0 amide bonds. The second-order valence-electron chi connectivity index (χ2n) is 6.56. The van der Waals surface area contributed by atoms with Gasteiger partial charge in [0.1, 0.15) is 23.0 Å². The van der Waals surface area contributed by atoms with Gasteiger partial charge in [0.2, 0.25) is 0 Å². The minimum absolute atomic E-state index is 0.195. The molecule has 0 N–H and O–H groups in total. The molecule has 0 radical (unpaired) electrons. The summed E-state index contributed by atoms with van der Waals surface area (Å²) in [6, 6.07) is 9.33. The molecule has 2 unspecified atom stereocenters. The van der Waals surface area contributed by atoms with E-state index in [0.717, 1.165) is 5.56 Å². The predicted molar refractivity (Wildman–Crippen MR) is 105 cm³/mol. The molecule has 30 heavy (non-hydrogen) atoms. The molecule has 1 saturated heterocycles. The third kappa shape index (κ3) is 4.85. The first-order valence-electron chi connectivity index (χ1n) is 9.07. The van der Waals surface area contributed by atoms with Crippen LogP contribution in [0.5, 0.6) is 0 Å². The maximum atomic E-state index is 11.7. The van der Waals surface area contributed by atoms with Gasteiger partial charge in [0.15, 0.2) is 18.4 Å². The fourth-order valence-electron chi connectivity index (χ4n) is 3.11. The summed E-state index contributed by atoms with van der Waals surface area (Å²) in [5, 5.41) is 8.31. The van der Waals surface area contributed by atoms with Crippen LogP contribution in [0.3, 0.4) is 0 Å². The van der Waals surface area contributed by atoms with E-state index in [9.17, 15) is 14.4 Å². The number of hydrogen-bond donors (Lipinski definition) is 0. The molecule has 160 valence electrons. The second-order valence-corrected chi connectivity index (χ2v) is 7.31. The van der Waals surface area contributed by atoms with Crippen LogP contribution < -0.4 is 0 Å². The Bertz CT molecular complexity index is 933. The number of esters is 3. The van der Waals surface area contributed by atoms with Gasteiger partial charge in [-0.1, -0.05) is 35.5 Å². The van der Waals surface area contributed by atoms with Gasteiger partial charge in [-0.3, -0.25) is 14.4 Å². The largest absolute Gasteiger partial charge is 0.463 e. The zero-order valence-corrected chi connectivity index (χ0v) is 18.1. The molecule has 0 bridgehead atoms. The quantitative estimate of drug-likeness (QED) is 0.450. The third-order valence-corrected chi connectivity index (χ3v) is 5.01. The van der Waals surface area contributed by atoms with Crippen molar-refractivity contribution in [2.24, 2.45) is 0 Å². The highest BCUT2D eigenvalue weighted by Crippen LogP contribution is 2.37. The van der Waals surface area contributed by atoms with Crippen LogP contribution in [0.4, 0.5) is 0 Å². The van der Waals surface area contributed by atoms with E-state index in [0.29, 0.717) is 10.3 Å². The summed E-state index contributed by atoms with van der Waals surface area (Å²) in [4.78, 5) is 34.6. The van der Waals surface area contributed by atoms with E-state index in [1.165, 1.54) is 25.5 Å². The number of aromatic nitrogens is 3. The van der Waals surface area contributed by atoms with Crippen molar-refractivity contribution in [2.45, 2.75) is 45.3 Å². The molecule has 2 heterocycles. The molecule has 1 fully saturated rings. The number of halogens is 1. The molecule has 0 saturated carbocycles. The molecule has 1 aromatic carbocycles. The van der Waals surface area contributed by atoms with Gasteiger partial charge < -0.3 is 18.9 Å². The average molecular weight is 482 g/mol. The lowest BCUT2D eigenvalue weighted by atomic mass is 10.1. The Labute approximate surface area is 180 Å². The van der Waals surface area contributed by atoms with Gasteiger partial charge in [-0.05, 0) is 15.9 Å². The molecule has 1 aromatic heterocycles. The van der Waals surface area contributed by atoms with Gasteiger partial charge in [0.05, 0.1) is 0 Å². The topological polar surface area (TPSA) is 119 Å². The molecule has 1 aliphatic rings. The summed E-state index contributed by atoms with van der Waals surface area (Å²) < 4.78 is 23.6. The van der Waals surface area contributed by atoms with Gasteiger partial charge in [-0.25, -0.2) is 4.68 Å². The van der Waals surface area contributed by atoms with Crippen molar-refractivity contribution < 1.29 is 33.3 Å². The molecular formula is C19H20BrN3O7. The number of benzene rings is 1. The van der Waals surface area contributed by atoms with E-state index >= 15 is 0 Å². The minimum Gasteiger partial charge on any atom is -0.463 e. The zero-order chi connectivity index (χ0) is 21.8. The zero-order valence-electron chi connectivity index (χ0n) is 16.5. The van der Waals surface area contributed by atoms with Gasteiger partial charge in [0, 0.05) is 26.3 Å². The Kier molecular flexibility index (Phi) is 6.83. The number of carbonyl (C=O) groups is 3. The van der Waals surface area contributed by atoms with E-state index in [1.807, 2.05) is 30.3 Å². The van der Waals surface area contributed by atoms with Crippen LogP contribution in [0.2, 0.25) is 0 Å². The van der Waals surface area contributed by atoms with E-state index < -0.39 is 42.4 Å². The van der Waals surface area contributed by atoms with E-state index in [1.54, 1.807) is 0 Å². The lowest BCUT2D eigenvalue weighted by Crippen LogP contribution is -2.40. The van der Waals surface area contributed by atoms with Crippen LogP contribution in [-0.2, 0) is 33.3 Å². The van der Waals surface area contributed by atoms with Crippen LogP contribution in [0.15, 0.2) is 34.9 Å².